The van der Waals surface area contributed by atoms with Crippen LogP contribution in [-0.2, 0) is 6.42 Å². The van der Waals surface area contributed by atoms with Crippen molar-refractivity contribution in [2.45, 2.75) is 103 Å². The van der Waals surface area contributed by atoms with Crippen LogP contribution in [0.1, 0.15) is 102 Å². The minimum atomic E-state index is 0.680. The van der Waals surface area contributed by atoms with Crippen molar-refractivity contribution >= 4 is 16.9 Å². The predicted molar refractivity (Wildman–Crippen MR) is 125 cm³/mol. The van der Waals surface area contributed by atoms with Crippen LogP contribution in [0.2, 0.25) is 0 Å². The standard InChI is InChI=1S/C25H40N2S/c1-3-5-7-9-11-22-14-18-24(19-15-22)27-26-20-25(28-27)23-16-12-21(13-17-23)10-8-6-4-2/h12-13,16-17,20,22,24,26H,3-11,14-15,18-19H2,1-2H3. The van der Waals surface area contributed by atoms with Gasteiger partial charge in [-0.2, -0.15) is 4.41 Å². The van der Waals surface area contributed by atoms with Gasteiger partial charge >= 0.3 is 0 Å². The van der Waals surface area contributed by atoms with E-state index < -0.39 is 0 Å². The summed E-state index contributed by atoms with van der Waals surface area (Å²) in [5.41, 5.74) is 6.37. The Balaban J connectivity index is 1.39. The molecule has 2 aliphatic rings. The smallest absolute Gasteiger partial charge is 0.0491 e. The molecule has 1 aliphatic carbocycles. The quantitative estimate of drug-likeness (QED) is 0.302. The average molecular weight is 401 g/mol. The van der Waals surface area contributed by atoms with Crippen LogP contribution >= 0.6 is 11.9 Å². The molecule has 0 saturated heterocycles. The molecule has 0 amide bonds. The molecule has 0 unspecified atom stereocenters. The molecule has 1 heterocycles. The Morgan fingerprint density at radius 3 is 2.32 bits per heavy atom. The number of nitrogens with one attached hydrogen (secondary N) is 1. The van der Waals surface area contributed by atoms with E-state index in [-0.39, 0.29) is 0 Å². The van der Waals surface area contributed by atoms with Gasteiger partial charge in [-0.15, -0.1) is 0 Å². The molecule has 0 bridgehead atoms. The van der Waals surface area contributed by atoms with Crippen molar-refractivity contribution < 1.29 is 0 Å². The fourth-order valence-electron chi connectivity index (χ4n) is 4.54. The summed E-state index contributed by atoms with van der Waals surface area (Å²) in [6.07, 6.45) is 20.0. The van der Waals surface area contributed by atoms with E-state index in [1.807, 2.05) is 11.9 Å². The van der Waals surface area contributed by atoms with E-state index in [4.69, 9.17) is 0 Å². The molecular formula is C25H40N2S. The maximum absolute atomic E-state index is 3.54. The zero-order chi connectivity index (χ0) is 19.6. The van der Waals surface area contributed by atoms with Crippen LogP contribution in [0.5, 0.6) is 0 Å². The van der Waals surface area contributed by atoms with Gasteiger partial charge in [0.15, 0.2) is 0 Å². The second kappa shape index (κ2) is 11.9. The number of hydrogen-bond donors (Lipinski definition) is 1. The molecule has 1 N–H and O–H groups in total. The number of benzene rings is 1. The normalized spacial score (nSPS) is 22.9. The molecule has 0 aromatic heterocycles. The highest BCUT2D eigenvalue weighted by atomic mass is 32.2. The molecule has 0 atom stereocenters. The van der Waals surface area contributed by atoms with Gasteiger partial charge in [0.05, 0.1) is 0 Å². The molecule has 1 aromatic rings. The number of hydrazine groups is 1. The van der Waals surface area contributed by atoms with E-state index in [0.29, 0.717) is 6.04 Å². The minimum absolute atomic E-state index is 0.680. The predicted octanol–water partition coefficient (Wildman–Crippen LogP) is 7.72. The van der Waals surface area contributed by atoms with Gasteiger partial charge in [0.2, 0.25) is 0 Å². The van der Waals surface area contributed by atoms with Crippen LogP contribution in [0.15, 0.2) is 30.5 Å². The average Bonchev–Trinajstić information content (AvgIpc) is 3.23. The van der Waals surface area contributed by atoms with Crippen LogP contribution < -0.4 is 5.43 Å². The first-order valence-electron chi connectivity index (χ1n) is 11.8. The molecule has 0 radical (unpaired) electrons. The molecule has 0 spiro atoms. The van der Waals surface area contributed by atoms with Gasteiger partial charge < -0.3 is 5.43 Å². The maximum atomic E-state index is 3.54. The van der Waals surface area contributed by atoms with E-state index in [2.05, 4.69) is 54.2 Å². The summed E-state index contributed by atoms with van der Waals surface area (Å²) in [4.78, 5) is 1.36. The summed E-state index contributed by atoms with van der Waals surface area (Å²) in [7, 11) is 0. The zero-order valence-electron chi connectivity index (χ0n) is 18.1. The topological polar surface area (TPSA) is 15.3 Å². The third kappa shape index (κ3) is 6.56. The molecule has 3 rings (SSSR count). The number of aryl methyl sites for hydroxylation is 1. The Morgan fingerprint density at radius 1 is 0.893 bits per heavy atom. The largest absolute Gasteiger partial charge is 0.315 e. The highest BCUT2D eigenvalue weighted by Crippen LogP contribution is 2.39. The second-order valence-electron chi connectivity index (χ2n) is 8.73. The fraction of sp³-hybridized carbons (Fsp3) is 0.680. The van der Waals surface area contributed by atoms with Crippen LogP contribution in [0.25, 0.3) is 4.91 Å². The highest BCUT2D eigenvalue weighted by molar-refractivity contribution is 8.06. The molecule has 156 valence electrons. The van der Waals surface area contributed by atoms with Crippen molar-refractivity contribution in [3.8, 4) is 0 Å². The first kappa shape index (κ1) is 21.8. The van der Waals surface area contributed by atoms with Gasteiger partial charge in [0, 0.05) is 17.1 Å². The maximum Gasteiger partial charge on any atom is 0.0491 e. The number of rotatable bonds is 11. The Morgan fingerprint density at radius 2 is 1.61 bits per heavy atom. The third-order valence-electron chi connectivity index (χ3n) is 6.44. The lowest BCUT2D eigenvalue weighted by molar-refractivity contribution is 0.199. The molecular weight excluding hydrogens is 360 g/mol. The summed E-state index contributed by atoms with van der Waals surface area (Å²) in [6.45, 7) is 4.57. The Hall–Kier alpha value is -0.930. The van der Waals surface area contributed by atoms with Crippen molar-refractivity contribution in [3.05, 3.63) is 41.6 Å². The molecule has 1 aliphatic heterocycles. The summed E-state index contributed by atoms with van der Waals surface area (Å²) in [6, 6.07) is 9.92. The van der Waals surface area contributed by atoms with Gasteiger partial charge in [0.25, 0.3) is 0 Å². The van der Waals surface area contributed by atoms with Crippen molar-refractivity contribution in [2.75, 3.05) is 0 Å². The Labute approximate surface area is 177 Å². The van der Waals surface area contributed by atoms with E-state index >= 15 is 0 Å². The first-order valence-corrected chi connectivity index (χ1v) is 12.6. The van der Waals surface area contributed by atoms with E-state index in [0.717, 1.165) is 5.92 Å². The lowest BCUT2D eigenvalue weighted by atomic mass is 9.83. The van der Waals surface area contributed by atoms with Crippen molar-refractivity contribution in [1.82, 2.24) is 9.84 Å². The fourth-order valence-corrected chi connectivity index (χ4v) is 5.56. The van der Waals surface area contributed by atoms with Crippen LogP contribution in [-0.4, -0.2) is 10.5 Å². The van der Waals surface area contributed by atoms with Crippen LogP contribution in [0.3, 0.4) is 0 Å². The third-order valence-corrected chi connectivity index (χ3v) is 7.59. The zero-order valence-corrected chi connectivity index (χ0v) is 18.9. The molecule has 1 aromatic carbocycles. The van der Waals surface area contributed by atoms with E-state index in [1.165, 1.54) is 99.5 Å². The summed E-state index contributed by atoms with van der Waals surface area (Å²) in [5.74, 6) is 0.980. The molecule has 3 heteroatoms. The minimum Gasteiger partial charge on any atom is -0.315 e. The lowest BCUT2D eigenvalue weighted by Gasteiger charge is -2.33. The van der Waals surface area contributed by atoms with Crippen molar-refractivity contribution in [3.63, 3.8) is 0 Å². The summed E-state index contributed by atoms with van der Waals surface area (Å²) >= 11 is 1.91. The number of hydrogen-bond acceptors (Lipinski definition) is 3. The molecule has 1 fully saturated rings. The van der Waals surface area contributed by atoms with E-state index in [1.54, 1.807) is 0 Å². The Bertz CT molecular complexity index is 587. The highest BCUT2D eigenvalue weighted by Gasteiger charge is 2.29. The van der Waals surface area contributed by atoms with Gasteiger partial charge in [-0.05, 0) is 67.5 Å². The van der Waals surface area contributed by atoms with Gasteiger partial charge in [-0.3, -0.25) is 0 Å². The second-order valence-corrected chi connectivity index (χ2v) is 9.75. The van der Waals surface area contributed by atoms with Gasteiger partial charge in [-0.1, -0.05) is 83.1 Å². The van der Waals surface area contributed by atoms with Crippen molar-refractivity contribution in [2.24, 2.45) is 5.92 Å². The lowest BCUT2D eigenvalue weighted by Crippen LogP contribution is -2.37. The molecule has 28 heavy (non-hydrogen) atoms. The summed E-state index contributed by atoms with van der Waals surface area (Å²) < 4.78 is 2.41. The van der Waals surface area contributed by atoms with Gasteiger partial charge in [0.1, 0.15) is 0 Å². The van der Waals surface area contributed by atoms with Gasteiger partial charge in [-0.25, -0.2) is 0 Å². The SMILES string of the molecule is CCCCCCC1CCC(N2NC=C(c3ccc(CCCCC)cc3)S2)CC1. The molecule has 2 nitrogen and oxygen atoms in total. The first-order chi connectivity index (χ1) is 13.8. The molecule has 1 saturated carbocycles. The summed E-state index contributed by atoms with van der Waals surface area (Å²) in [5, 5.41) is 0. The van der Waals surface area contributed by atoms with E-state index in [9.17, 15) is 0 Å². The monoisotopic (exact) mass is 400 g/mol. The van der Waals surface area contributed by atoms with Crippen molar-refractivity contribution in [1.29, 1.82) is 0 Å². The number of unbranched alkanes of at least 4 members (excludes halogenated alkanes) is 5. The van der Waals surface area contributed by atoms with Crippen LogP contribution in [0, 0.1) is 5.92 Å². The number of nitrogens with zero attached hydrogens (tertiary/aromatic N) is 1. The Kier molecular flexibility index (Phi) is 9.27. The van der Waals surface area contributed by atoms with Crippen LogP contribution in [0.4, 0.5) is 0 Å².